The van der Waals surface area contributed by atoms with Crippen LogP contribution in [0, 0.1) is 0 Å². The van der Waals surface area contributed by atoms with Crippen molar-refractivity contribution in [2.75, 3.05) is 34.0 Å². The molecule has 0 bridgehead atoms. The van der Waals surface area contributed by atoms with Crippen LogP contribution in [0.2, 0.25) is 0 Å². The minimum Gasteiger partial charge on any atom is -0.394 e. The number of methoxy groups -OCH3 is 2. The summed E-state index contributed by atoms with van der Waals surface area (Å²) in [4.78, 5) is 0. The van der Waals surface area contributed by atoms with E-state index in [4.69, 9.17) is 76.2 Å². The largest absolute Gasteiger partial charge is 0.394 e. The first-order valence-electron chi connectivity index (χ1n) is 18.3. The maximum absolute atomic E-state index is 10.3. The van der Waals surface area contributed by atoms with E-state index in [1.54, 1.807) is 34.8 Å². The Bertz CT molecular complexity index is 1250. The fraction of sp³-hybridized carbons (Fsp3) is 1.00. The molecule has 0 spiro atoms. The van der Waals surface area contributed by atoms with Crippen molar-refractivity contribution in [2.45, 2.75) is 190 Å². The predicted octanol–water partition coefficient (Wildman–Crippen LogP) is 0.636. The Morgan fingerprint density at radius 3 is 1.38 bits per heavy atom. The minimum absolute atomic E-state index is 0.166. The highest BCUT2D eigenvalue weighted by molar-refractivity contribution is 5.00. The van der Waals surface area contributed by atoms with Crippen molar-refractivity contribution in [1.82, 2.24) is 0 Å². The van der Waals surface area contributed by atoms with Crippen molar-refractivity contribution in [2.24, 2.45) is 0 Å². The van der Waals surface area contributed by atoms with Gasteiger partial charge in [-0.1, -0.05) is 0 Å². The van der Waals surface area contributed by atoms with Gasteiger partial charge in [0, 0.05) is 14.2 Å². The van der Waals surface area contributed by atoms with Crippen LogP contribution in [0.1, 0.15) is 69.2 Å². The number of rotatable bonds is 6. The first-order chi connectivity index (χ1) is 24.6. The van der Waals surface area contributed by atoms with Gasteiger partial charge in [0.25, 0.3) is 0 Å². The summed E-state index contributed by atoms with van der Waals surface area (Å²) in [6.45, 7) is 18.9. The van der Waals surface area contributed by atoms with Crippen molar-refractivity contribution >= 4 is 0 Å². The summed E-state index contributed by atoms with van der Waals surface area (Å²) in [6.07, 6.45) is -6.75. The number of fused-ring (bicyclic) bond motifs is 3. The van der Waals surface area contributed by atoms with Crippen LogP contribution in [0.4, 0.5) is 0 Å². The Balaban J connectivity index is 0.000000137. The van der Waals surface area contributed by atoms with Gasteiger partial charge in [0.05, 0.1) is 19.8 Å². The van der Waals surface area contributed by atoms with Crippen LogP contribution in [0.25, 0.3) is 0 Å². The van der Waals surface area contributed by atoms with Crippen molar-refractivity contribution < 1.29 is 86.4 Å². The van der Waals surface area contributed by atoms with Gasteiger partial charge in [-0.25, -0.2) is 0 Å². The zero-order valence-electron chi connectivity index (χ0n) is 32.7. The first-order valence-corrected chi connectivity index (χ1v) is 18.3. The summed E-state index contributed by atoms with van der Waals surface area (Å²) in [5, 5.41) is 28.7. The Morgan fingerprint density at radius 1 is 0.528 bits per heavy atom. The molecule has 8 rings (SSSR count). The molecule has 53 heavy (non-hydrogen) atoms. The summed E-state index contributed by atoms with van der Waals surface area (Å²) in [5.74, 6) is -3.27. The van der Waals surface area contributed by atoms with E-state index >= 15 is 0 Å². The normalized spacial score (nSPS) is 46.9. The van der Waals surface area contributed by atoms with Crippen LogP contribution in [-0.2, 0) is 71.1 Å². The zero-order valence-corrected chi connectivity index (χ0v) is 32.7. The molecule has 8 heterocycles. The Labute approximate surface area is 310 Å². The maximum Gasteiger partial charge on any atom is 0.190 e. The fourth-order valence-electron chi connectivity index (χ4n) is 7.84. The van der Waals surface area contributed by atoms with Crippen LogP contribution in [0.15, 0.2) is 0 Å². The van der Waals surface area contributed by atoms with Gasteiger partial charge < -0.3 is 86.4 Å². The van der Waals surface area contributed by atoms with Gasteiger partial charge in [0.1, 0.15) is 73.2 Å². The van der Waals surface area contributed by atoms with E-state index in [1.165, 1.54) is 7.11 Å². The molecule has 0 aliphatic carbocycles. The molecule has 0 amide bonds. The Hall–Kier alpha value is -0.720. The highest BCUT2D eigenvalue weighted by atomic mass is 16.9. The van der Waals surface area contributed by atoms with E-state index in [1.807, 2.05) is 41.5 Å². The molecule has 8 fully saturated rings. The summed E-state index contributed by atoms with van der Waals surface area (Å²) < 4.78 is 84.5. The molecule has 0 aromatic rings. The van der Waals surface area contributed by atoms with Crippen LogP contribution in [0.3, 0.4) is 0 Å². The molecular formula is C35H60O18. The highest BCUT2D eigenvalue weighted by Gasteiger charge is 2.60. The summed E-state index contributed by atoms with van der Waals surface area (Å²) >= 11 is 0. The lowest BCUT2D eigenvalue weighted by Crippen LogP contribution is -2.43. The number of hydrogen-bond donors (Lipinski definition) is 3. The fourth-order valence-corrected chi connectivity index (χ4v) is 7.84. The lowest BCUT2D eigenvalue weighted by Gasteiger charge is -2.28. The summed E-state index contributed by atoms with van der Waals surface area (Å²) in [5.41, 5.74) is 0. The molecule has 3 N–H and O–H groups in total. The van der Waals surface area contributed by atoms with Crippen molar-refractivity contribution in [3.63, 3.8) is 0 Å². The maximum atomic E-state index is 10.3. The van der Waals surface area contributed by atoms with Gasteiger partial charge in [0.2, 0.25) is 0 Å². The number of aliphatic hydroxyl groups is 3. The van der Waals surface area contributed by atoms with E-state index in [-0.39, 0.29) is 43.2 Å². The smallest absolute Gasteiger partial charge is 0.190 e. The van der Waals surface area contributed by atoms with Gasteiger partial charge in [-0.15, -0.1) is 0 Å². The number of aliphatic hydroxyl groups excluding tert-OH is 3. The third kappa shape index (κ3) is 9.05. The lowest BCUT2D eigenvalue weighted by molar-refractivity contribution is -0.234. The molecule has 18 heteroatoms. The van der Waals surface area contributed by atoms with E-state index in [0.717, 1.165) is 0 Å². The van der Waals surface area contributed by atoms with E-state index in [9.17, 15) is 10.2 Å². The molecule has 0 aromatic heterocycles. The van der Waals surface area contributed by atoms with Crippen molar-refractivity contribution in [3.8, 4) is 0 Å². The third-order valence-electron chi connectivity index (χ3n) is 10.0. The van der Waals surface area contributed by atoms with Crippen molar-refractivity contribution in [3.05, 3.63) is 0 Å². The standard InChI is InChI=1S/C13H22O6.C12H20O6.C10H18O6/c1-12(2)15-6-7(17-12)8-9(14-5)10-11(16-8)19-13(3,4)18-10;1-11(2)14-5-6(16-11)8-7(13)9-10(15-8)18-12(3,4)17-9;1-10(2)15-8-7(13-3)6(5(12)4-11)14-9(8)16-10/h7-11H,6H2,1-5H3;6-10,13H,5H2,1-4H3;5-9,11-12H,4H2,1-3H3/t7?,8-,9-,10-,11-;6?,7-,8-,9-,10-;5-,6-,7-,8-,9-/m111/s1. The molecule has 0 aromatic carbocycles. The van der Waals surface area contributed by atoms with Crippen LogP contribution < -0.4 is 0 Å². The first kappa shape index (κ1) is 41.9. The summed E-state index contributed by atoms with van der Waals surface area (Å²) in [7, 11) is 3.17. The van der Waals surface area contributed by atoms with Gasteiger partial charge in [-0.05, 0) is 69.2 Å². The average Bonchev–Trinajstić information content (AvgIpc) is 3.91. The third-order valence-corrected chi connectivity index (χ3v) is 10.0. The van der Waals surface area contributed by atoms with Crippen LogP contribution in [0.5, 0.6) is 0 Å². The molecular weight excluding hydrogens is 708 g/mol. The molecule has 8 aliphatic rings. The number of hydrogen-bond acceptors (Lipinski definition) is 18. The second kappa shape index (κ2) is 15.2. The molecule has 2 unspecified atom stereocenters. The predicted molar refractivity (Wildman–Crippen MR) is 177 cm³/mol. The number of ether oxygens (including phenoxy) is 15. The summed E-state index contributed by atoms with van der Waals surface area (Å²) in [6, 6.07) is 0. The zero-order chi connectivity index (χ0) is 38.9. The van der Waals surface area contributed by atoms with Gasteiger partial charge in [-0.3, -0.25) is 0 Å². The molecule has 18 nitrogen and oxygen atoms in total. The van der Waals surface area contributed by atoms with Crippen LogP contribution >= 0.6 is 0 Å². The quantitative estimate of drug-likeness (QED) is 0.340. The highest BCUT2D eigenvalue weighted by Crippen LogP contribution is 2.43. The van der Waals surface area contributed by atoms with Gasteiger partial charge in [0.15, 0.2) is 47.8 Å². The van der Waals surface area contributed by atoms with E-state index in [2.05, 4.69) is 0 Å². The Morgan fingerprint density at radius 2 is 0.943 bits per heavy atom. The SMILES string of the molecule is CC1(C)OCC([C@H]2O[C@@H]3OC(C)(C)O[C@@H]3[C@@H]2O)O1.CO[C@H]1[C@H]2OC(C)(C)O[C@H]2O[C@@H]1C1COC(C)(C)O1.CO[C@H]1[C@H]2OC(C)(C)O[C@H]2O[C@@H]1[C@H](O)CO. The van der Waals surface area contributed by atoms with Crippen molar-refractivity contribution in [1.29, 1.82) is 0 Å². The molecule has 15 atom stereocenters. The molecule has 8 aliphatic heterocycles. The Kier molecular flexibility index (Phi) is 12.0. The van der Waals surface area contributed by atoms with Crippen LogP contribution in [-0.4, -0.2) is 170 Å². The lowest BCUT2D eigenvalue weighted by atomic mass is 10.1. The molecule has 308 valence electrons. The van der Waals surface area contributed by atoms with Gasteiger partial charge >= 0.3 is 0 Å². The molecule has 8 saturated heterocycles. The second-order valence-corrected chi connectivity index (χ2v) is 16.6. The topological polar surface area (TPSA) is 199 Å². The van der Waals surface area contributed by atoms with Gasteiger partial charge in [-0.2, -0.15) is 0 Å². The van der Waals surface area contributed by atoms with E-state index in [0.29, 0.717) is 13.2 Å². The molecule has 0 saturated carbocycles. The monoisotopic (exact) mass is 768 g/mol. The average molecular weight is 769 g/mol. The molecule has 0 radical (unpaired) electrons. The minimum atomic E-state index is -0.995. The van der Waals surface area contributed by atoms with E-state index < -0.39 is 84.4 Å². The second-order valence-electron chi connectivity index (χ2n) is 16.6.